The van der Waals surface area contributed by atoms with Crippen molar-refractivity contribution in [2.75, 3.05) is 0 Å². The predicted molar refractivity (Wildman–Crippen MR) is 80.7 cm³/mol. The Labute approximate surface area is 127 Å². The van der Waals surface area contributed by atoms with Crippen LogP contribution in [0.25, 0.3) is 5.65 Å². The Kier molecular flexibility index (Phi) is 3.32. The van der Waals surface area contributed by atoms with E-state index in [-0.39, 0.29) is 11.7 Å². The van der Waals surface area contributed by atoms with Gasteiger partial charge in [0, 0.05) is 25.0 Å². The first-order valence-corrected chi connectivity index (χ1v) is 6.93. The molecular weight excluding hydrogens is 282 g/mol. The van der Waals surface area contributed by atoms with Gasteiger partial charge in [-0.2, -0.15) is 5.10 Å². The first-order chi connectivity index (χ1) is 10.4. The van der Waals surface area contributed by atoms with E-state index in [1.807, 2.05) is 17.5 Å². The van der Waals surface area contributed by atoms with Gasteiger partial charge in [0.2, 0.25) is 0 Å². The summed E-state index contributed by atoms with van der Waals surface area (Å²) in [4.78, 5) is 16.7. The van der Waals surface area contributed by atoms with Crippen LogP contribution in [0.5, 0.6) is 5.75 Å². The second-order valence-electron chi connectivity index (χ2n) is 5.33. The standard InChI is InChI=1S/C15H17N5O2/c1-9-7-20-5-4-11(6-13(20)16-9)15(22)17-10(2)14-12(21)8-19(3)18-14/h4-8,10,21H,1-3H3,(H,17,22). The summed E-state index contributed by atoms with van der Waals surface area (Å²) in [5.74, 6) is -0.171. The average Bonchev–Trinajstić information content (AvgIpc) is 2.98. The molecule has 0 aliphatic carbocycles. The normalized spacial score (nSPS) is 12.5. The van der Waals surface area contributed by atoms with Crippen LogP contribution in [-0.2, 0) is 7.05 Å². The molecule has 22 heavy (non-hydrogen) atoms. The Hall–Kier alpha value is -2.83. The largest absolute Gasteiger partial charge is 0.504 e. The van der Waals surface area contributed by atoms with E-state index < -0.39 is 6.04 Å². The fraction of sp³-hybridized carbons (Fsp3) is 0.267. The third-order valence-corrected chi connectivity index (χ3v) is 3.44. The van der Waals surface area contributed by atoms with Crippen molar-refractivity contribution >= 4 is 11.6 Å². The van der Waals surface area contributed by atoms with Crippen molar-refractivity contribution in [1.29, 1.82) is 0 Å². The zero-order valence-corrected chi connectivity index (χ0v) is 12.6. The van der Waals surface area contributed by atoms with E-state index in [0.717, 1.165) is 11.3 Å². The van der Waals surface area contributed by atoms with Crippen molar-refractivity contribution < 1.29 is 9.90 Å². The van der Waals surface area contributed by atoms with E-state index in [9.17, 15) is 9.90 Å². The first-order valence-electron chi connectivity index (χ1n) is 6.93. The number of pyridine rings is 1. The van der Waals surface area contributed by atoms with Gasteiger partial charge in [0.1, 0.15) is 11.3 Å². The molecule has 0 saturated heterocycles. The highest BCUT2D eigenvalue weighted by Gasteiger charge is 2.18. The van der Waals surface area contributed by atoms with Crippen LogP contribution in [0.15, 0.2) is 30.7 Å². The Morgan fingerprint density at radius 1 is 1.41 bits per heavy atom. The lowest BCUT2D eigenvalue weighted by Crippen LogP contribution is -2.27. The molecule has 3 aromatic rings. The van der Waals surface area contributed by atoms with Gasteiger partial charge < -0.3 is 14.8 Å². The molecule has 2 N–H and O–H groups in total. The van der Waals surface area contributed by atoms with Crippen molar-refractivity contribution in [2.45, 2.75) is 19.9 Å². The fourth-order valence-electron chi connectivity index (χ4n) is 2.40. The maximum atomic E-state index is 12.3. The smallest absolute Gasteiger partial charge is 0.251 e. The molecule has 7 nitrogen and oxygen atoms in total. The van der Waals surface area contributed by atoms with E-state index in [1.54, 1.807) is 32.3 Å². The lowest BCUT2D eigenvalue weighted by molar-refractivity contribution is 0.0938. The van der Waals surface area contributed by atoms with Crippen molar-refractivity contribution in [2.24, 2.45) is 7.05 Å². The summed E-state index contributed by atoms with van der Waals surface area (Å²) in [5.41, 5.74) is 2.57. The van der Waals surface area contributed by atoms with E-state index in [0.29, 0.717) is 11.3 Å². The molecule has 3 aromatic heterocycles. The second kappa shape index (κ2) is 5.18. The van der Waals surface area contributed by atoms with Gasteiger partial charge in [0.15, 0.2) is 5.75 Å². The number of hydrogen-bond acceptors (Lipinski definition) is 4. The van der Waals surface area contributed by atoms with Gasteiger partial charge in [-0.05, 0) is 26.0 Å². The van der Waals surface area contributed by atoms with E-state index in [4.69, 9.17) is 0 Å². The molecule has 3 heterocycles. The minimum atomic E-state index is -0.397. The molecule has 1 unspecified atom stereocenters. The van der Waals surface area contributed by atoms with Crippen LogP contribution in [0.2, 0.25) is 0 Å². The molecule has 0 radical (unpaired) electrons. The molecule has 3 rings (SSSR count). The maximum absolute atomic E-state index is 12.3. The van der Waals surface area contributed by atoms with E-state index in [1.165, 1.54) is 10.9 Å². The number of nitrogens with one attached hydrogen (secondary N) is 1. The van der Waals surface area contributed by atoms with Crippen LogP contribution in [-0.4, -0.2) is 30.2 Å². The van der Waals surface area contributed by atoms with Gasteiger partial charge in [0.25, 0.3) is 5.91 Å². The number of imidazole rings is 1. The van der Waals surface area contributed by atoms with Crippen LogP contribution in [0.3, 0.4) is 0 Å². The van der Waals surface area contributed by atoms with Crippen LogP contribution < -0.4 is 5.32 Å². The fourth-order valence-corrected chi connectivity index (χ4v) is 2.40. The summed E-state index contributed by atoms with van der Waals surface area (Å²) >= 11 is 0. The monoisotopic (exact) mass is 299 g/mol. The maximum Gasteiger partial charge on any atom is 0.251 e. The summed E-state index contributed by atoms with van der Waals surface area (Å²) in [7, 11) is 1.71. The molecule has 114 valence electrons. The SMILES string of the molecule is Cc1cn2ccc(C(=O)NC(C)c3nn(C)cc3O)cc2n1. The van der Waals surface area contributed by atoms with E-state index >= 15 is 0 Å². The van der Waals surface area contributed by atoms with Crippen molar-refractivity contribution in [3.63, 3.8) is 0 Å². The van der Waals surface area contributed by atoms with Gasteiger partial charge in [-0.15, -0.1) is 0 Å². The van der Waals surface area contributed by atoms with Gasteiger partial charge in [-0.1, -0.05) is 0 Å². The number of carbonyl (C=O) groups excluding carboxylic acids is 1. The molecule has 0 fully saturated rings. The highest BCUT2D eigenvalue weighted by Crippen LogP contribution is 2.21. The van der Waals surface area contributed by atoms with Gasteiger partial charge in [-0.3, -0.25) is 9.48 Å². The average molecular weight is 299 g/mol. The zero-order valence-electron chi connectivity index (χ0n) is 12.6. The van der Waals surface area contributed by atoms with Crippen molar-refractivity contribution in [3.8, 4) is 5.75 Å². The summed E-state index contributed by atoms with van der Waals surface area (Å²) in [6.45, 7) is 3.68. The number of nitrogens with zero attached hydrogens (tertiary/aromatic N) is 4. The zero-order chi connectivity index (χ0) is 15.9. The molecule has 1 atom stereocenters. The number of hydrogen-bond donors (Lipinski definition) is 2. The number of rotatable bonds is 3. The molecular formula is C15H17N5O2. The molecule has 0 saturated carbocycles. The lowest BCUT2D eigenvalue weighted by atomic mass is 10.2. The summed E-state index contributed by atoms with van der Waals surface area (Å²) < 4.78 is 3.37. The molecule has 7 heteroatoms. The molecule has 0 aromatic carbocycles. The quantitative estimate of drug-likeness (QED) is 0.769. The summed E-state index contributed by atoms with van der Waals surface area (Å²) in [6.07, 6.45) is 5.19. The third-order valence-electron chi connectivity index (χ3n) is 3.44. The van der Waals surface area contributed by atoms with Gasteiger partial charge in [-0.25, -0.2) is 4.98 Å². The minimum Gasteiger partial charge on any atom is -0.504 e. The summed E-state index contributed by atoms with van der Waals surface area (Å²) in [5, 5.41) is 16.8. The minimum absolute atomic E-state index is 0.0645. The third kappa shape index (κ3) is 2.52. The van der Waals surface area contributed by atoms with Crippen LogP contribution in [0, 0.1) is 6.92 Å². The van der Waals surface area contributed by atoms with Crippen LogP contribution in [0.4, 0.5) is 0 Å². The number of amides is 1. The molecule has 0 spiro atoms. The number of aromatic nitrogens is 4. The Morgan fingerprint density at radius 3 is 2.86 bits per heavy atom. The Bertz CT molecular complexity index is 849. The highest BCUT2D eigenvalue weighted by molar-refractivity contribution is 5.95. The van der Waals surface area contributed by atoms with Crippen LogP contribution in [0.1, 0.15) is 34.7 Å². The number of aromatic hydroxyl groups is 1. The van der Waals surface area contributed by atoms with Gasteiger partial charge in [0.05, 0.1) is 17.9 Å². The first kappa shape index (κ1) is 14.1. The highest BCUT2D eigenvalue weighted by atomic mass is 16.3. The molecule has 0 bridgehead atoms. The van der Waals surface area contributed by atoms with Crippen molar-refractivity contribution in [1.82, 2.24) is 24.5 Å². The Balaban J connectivity index is 1.81. The van der Waals surface area contributed by atoms with E-state index in [2.05, 4.69) is 15.4 Å². The Morgan fingerprint density at radius 2 is 2.18 bits per heavy atom. The number of carbonyl (C=O) groups is 1. The lowest BCUT2D eigenvalue weighted by Gasteiger charge is -2.12. The molecule has 0 aliphatic rings. The molecule has 1 amide bonds. The number of fused-ring (bicyclic) bond motifs is 1. The van der Waals surface area contributed by atoms with Crippen molar-refractivity contribution in [3.05, 3.63) is 47.7 Å². The van der Waals surface area contributed by atoms with Crippen LogP contribution >= 0.6 is 0 Å². The molecule has 0 aliphatic heterocycles. The van der Waals surface area contributed by atoms with Gasteiger partial charge >= 0.3 is 0 Å². The second-order valence-corrected chi connectivity index (χ2v) is 5.33. The predicted octanol–water partition coefficient (Wildman–Crippen LogP) is 1.57. The topological polar surface area (TPSA) is 84.5 Å². The summed E-state index contributed by atoms with van der Waals surface area (Å²) in [6, 6.07) is 3.06. The number of aryl methyl sites for hydroxylation is 2.